The third-order valence-corrected chi connectivity index (χ3v) is 3.63. The fourth-order valence-electron chi connectivity index (χ4n) is 2.55. The van der Waals surface area contributed by atoms with Gasteiger partial charge in [-0.05, 0) is 26.2 Å². The van der Waals surface area contributed by atoms with Gasteiger partial charge in [0.1, 0.15) is 0 Å². The van der Waals surface area contributed by atoms with Gasteiger partial charge in [0, 0.05) is 29.4 Å². The van der Waals surface area contributed by atoms with Crippen LogP contribution < -0.4 is 5.32 Å². The molecule has 3 aromatic rings. The highest BCUT2D eigenvalue weighted by Gasteiger charge is 2.12. The lowest BCUT2D eigenvalue weighted by atomic mass is 10.1. The van der Waals surface area contributed by atoms with Crippen LogP contribution in [0.2, 0.25) is 0 Å². The lowest BCUT2D eigenvalue weighted by Gasteiger charge is -2.10. The van der Waals surface area contributed by atoms with Crippen molar-refractivity contribution in [2.45, 2.75) is 0 Å². The van der Waals surface area contributed by atoms with E-state index in [1.54, 1.807) is 0 Å². The van der Waals surface area contributed by atoms with Crippen molar-refractivity contribution in [3.05, 3.63) is 48.0 Å². The summed E-state index contributed by atoms with van der Waals surface area (Å²) in [6.07, 6.45) is 0. The van der Waals surface area contributed by atoms with Crippen LogP contribution >= 0.6 is 12.4 Å². The van der Waals surface area contributed by atoms with Crippen LogP contribution in [-0.4, -0.2) is 43.0 Å². The summed E-state index contributed by atoms with van der Waals surface area (Å²) in [5.74, 6) is -0.0333. The molecule has 0 aliphatic heterocycles. The van der Waals surface area contributed by atoms with E-state index in [4.69, 9.17) is 0 Å². The second-order valence-corrected chi connectivity index (χ2v) is 5.46. The number of H-pyrrole nitrogens is 1. The molecule has 5 heteroatoms. The fraction of sp³-hybridized carbons (Fsp3) is 0.235. The lowest BCUT2D eigenvalue weighted by molar-refractivity contribution is 0.0952. The van der Waals surface area contributed by atoms with E-state index in [2.05, 4.69) is 16.4 Å². The molecule has 1 aromatic heterocycles. The van der Waals surface area contributed by atoms with Gasteiger partial charge in [0.25, 0.3) is 5.91 Å². The zero-order valence-electron chi connectivity index (χ0n) is 12.7. The number of nitrogens with zero attached hydrogens (tertiary/aromatic N) is 1. The molecule has 4 nitrogen and oxygen atoms in total. The van der Waals surface area contributed by atoms with E-state index in [0.717, 1.165) is 28.4 Å². The Balaban J connectivity index is 0.00000176. The van der Waals surface area contributed by atoms with Crippen LogP contribution in [0.15, 0.2) is 42.5 Å². The van der Waals surface area contributed by atoms with E-state index in [1.807, 2.05) is 55.4 Å². The number of hydrogen-bond donors (Lipinski definition) is 2. The summed E-state index contributed by atoms with van der Waals surface area (Å²) in [6, 6.07) is 14.0. The SMILES string of the molecule is CN(C)CCNC(=O)c1cccc2c1[nH]c1ccccc12.Cl. The van der Waals surface area contributed by atoms with Gasteiger partial charge >= 0.3 is 0 Å². The summed E-state index contributed by atoms with van der Waals surface area (Å²) >= 11 is 0. The number of rotatable bonds is 4. The maximum Gasteiger partial charge on any atom is 0.253 e. The monoisotopic (exact) mass is 317 g/mol. The molecule has 0 atom stereocenters. The molecule has 1 amide bonds. The summed E-state index contributed by atoms with van der Waals surface area (Å²) in [5.41, 5.74) is 2.66. The highest BCUT2D eigenvalue weighted by atomic mass is 35.5. The number of carbonyl (C=O) groups excluding carboxylic acids is 1. The van der Waals surface area contributed by atoms with Crippen molar-refractivity contribution in [1.82, 2.24) is 15.2 Å². The molecule has 0 spiro atoms. The number of amides is 1. The van der Waals surface area contributed by atoms with Crippen molar-refractivity contribution in [1.29, 1.82) is 0 Å². The number of halogens is 1. The molecule has 2 aromatic carbocycles. The van der Waals surface area contributed by atoms with Crippen LogP contribution in [0.3, 0.4) is 0 Å². The first kappa shape index (κ1) is 16.3. The maximum atomic E-state index is 12.4. The van der Waals surface area contributed by atoms with Gasteiger partial charge in [-0.1, -0.05) is 30.3 Å². The van der Waals surface area contributed by atoms with E-state index in [9.17, 15) is 4.79 Å². The number of hydrogen-bond acceptors (Lipinski definition) is 2. The summed E-state index contributed by atoms with van der Waals surface area (Å²) in [4.78, 5) is 17.8. The Morgan fingerprint density at radius 3 is 2.59 bits per heavy atom. The van der Waals surface area contributed by atoms with Crippen LogP contribution in [-0.2, 0) is 0 Å². The van der Waals surface area contributed by atoms with E-state index in [-0.39, 0.29) is 18.3 Å². The Labute approximate surface area is 135 Å². The van der Waals surface area contributed by atoms with Gasteiger partial charge in [-0.2, -0.15) is 0 Å². The first-order valence-electron chi connectivity index (χ1n) is 7.09. The predicted molar refractivity (Wildman–Crippen MR) is 93.9 cm³/mol. The summed E-state index contributed by atoms with van der Waals surface area (Å²) < 4.78 is 0. The van der Waals surface area contributed by atoms with Crippen molar-refractivity contribution in [3.63, 3.8) is 0 Å². The minimum atomic E-state index is -0.0333. The Morgan fingerprint density at radius 2 is 1.82 bits per heavy atom. The number of aromatic nitrogens is 1. The summed E-state index contributed by atoms with van der Waals surface area (Å²) in [5, 5.41) is 5.20. The highest BCUT2D eigenvalue weighted by molar-refractivity contribution is 6.14. The van der Waals surface area contributed by atoms with Crippen molar-refractivity contribution in [2.24, 2.45) is 0 Å². The number of fused-ring (bicyclic) bond motifs is 3. The zero-order valence-corrected chi connectivity index (χ0v) is 13.5. The number of likely N-dealkylation sites (N-methyl/N-ethyl adjacent to an activating group) is 1. The third-order valence-electron chi connectivity index (χ3n) is 3.63. The molecule has 0 fully saturated rings. The van der Waals surface area contributed by atoms with Gasteiger partial charge < -0.3 is 15.2 Å². The minimum Gasteiger partial charge on any atom is -0.354 e. The minimum absolute atomic E-state index is 0. The van der Waals surface area contributed by atoms with Crippen LogP contribution in [0.4, 0.5) is 0 Å². The number of benzene rings is 2. The van der Waals surface area contributed by atoms with Gasteiger partial charge in [-0.15, -0.1) is 12.4 Å². The molecule has 0 unspecified atom stereocenters. The molecule has 0 aliphatic carbocycles. The van der Waals surface area contributed by atoms with E-state index < -0.39 is 0 Å². The number of aromatic amines is 1. The highest BCUT2D eigenvalue weighted by Crippen LogP contribution is 2.27. The number of nitrogens with one attached hydrogen (secondary N) is 2. The molecule has 0 bridgehead atoms. The van der Waals surface area contributed by atoms with Crippen molar-refractivity contribution >= 4 is 40.1 Å². The smallest absolute Gasteiger partial charge is 0.253 e. The maximum absolute atomic E-state index is 12.4. The van der Waals surface area contributed by atoms with Gasteiger partial charge in [0.15, 0.2) is 0 Å². The molecule has 2 N–H and O–H groups in total. The van der Waals surface area contributed by atoms with E-state index in [1.165, 1.54) is 0 Å². The molecule has 1 heterocycles. The molecule has 0 radical (unpaired) electrons. The Morgan fingerprint density at radius 1 is 1.09 bits per heavy atom. The largest absolute Gasteiger partial charge is 0.354 e. The fourth-order valence-corrected chi connectivity index (χ4v) is 2.55. The standard InChI is InChI=1S/C17H19N3O.ClH/c1-20(2)11-10-18-17(21)14-8-5-7-13-12-6-3-4-9-15(12)19-16(13)14;/h3-9,19H,10-11H2,1-2H3,(H,18,21);1H. The molecule has 0 saturated carbocycles. The van der Waals surface area contributed by atoms with E-state index in [0.29, 0.717) is 12.1 Å². The van der Waals surface area contributed by atoms with Crippen LogP contribution in [0, 0.1) is 0 Å². The van der Waals surface area contributed by atoms with Gasteiger partial charge in [-0.3, -0.25) is 4.79 Å². The Hall–Kier alpha value is -2.04. The second-order valence-electron chi connectivity index (χ2n) is 5.46. The third kappa shape index (κ3) is 3.08. The first-order valence-corrected chi connectivity index (χ1v) is 7.09. The normalized spacial score (nSPS) is 10.9. The molecular formula is C17H20ClN3O. The van der Waals surface area contributed by atoms with Crippen LogP contribution in [0.25, 0.3) is 21.8 Å². The van der Waals surface area contributed by atoms with E-state index >= 15 is 0 Å². The van der Waals surface area contributed by atoms with Crippen molar-refractivity contribution in [2.75, 3.05) is 27.2 Å². The first-order chi connectivity index (χ1) is 10.2. The molecule has 3 rings (SSSR count). The second kappa shape index (κ2) is 6.81. The average Bonchev–Trinajstić information content (AvgIpc) is 2.85. The summed E-state index contributed by atoms with van der Waals surface area (Å²) in [7, 11) is 3.98. The Kier molecular flexibility index (Phi) is 5.06. The molecule has 116 valence electrons. The zero-order chi connectivity index (χ0) is 14.8. The molecule has 0 aliphatic rings. The van der Waals surface area contributed by atoms with Gasteiger partial charge in [-0.25, -0.2) is 0 Å². The van der Waals surface area contributed by atoms with Crippen LogP contribution in [0.1, 0.15) is 10.4 Å². The molecule has 0 saturated heterocycles. The number of para-hydroxylation sites is 2. The average molecular weight is 318 g/mol. The van der Waals surface area contributed by atoms with Crippen molar-refractivity contribution < 1.29 is 4.79 Å². The predicted octanol–water partition coefficient (Wildman–Crippen LogP) is 3.03. The summed E-state index contributed by atoms with van der Waals surface area (Å²) in [6.45, 7) is 1.47. The number of carbonyl (C=O) groups is 1. The Bertz CT molecular complexity index is 795. The van der Waals surface area contributed by atoms with Gasteiger partial charge in [0.05, 0.1) is 11.1 Å². The van der Waals surface area contributed by atoms with Crippen molar-refractivity contribution in [3.8, 4) is 0 Å². The lowest BCUT2D eigenvalue weighted by Crippen LogP contribution is -2.31. The molecule has 22 heavy (non-hydrogen) atoms. The quantitative estimate of drug-likeness (QED) is 0.777. The van der Waals surface area contributed by atoms with Gasteiger partial charge in [0.2, 0.25) is 0 Å². The molecular weight excluding hydrogens is 298 g/mol. The topological polar surface area (TPSA) is 48.1 Å². The van der Waals surface area contributed by atoms with Crippen LogP contribution in [0.5, 0.6) is 0 Å².